The summed E-state index contributed by atoms with van der Waals surface area (Å²) in [5.74, 6) is 1.03. The van der Waals surface area contributed by atoms with Crippen molar-refractivity contribution in [2.24, 2.45) is 5.92 Å². The zero-order chi connectivity index (χ0) is 34.2. The van der Waals surface area contributed by atoms with Crippen molar-refractivity contribution in [1.29, 1.82) is 0 Å². The van der Waals surface area contributed by atoms with Crippen LogP contribution in [-0.4, -0.2) is 57.4 Å². The van der Waals surface area contributed by atoms with Gasteiger partial charge in [-0.1, -0.05) is 38.1 Å². The van der Waals surface area contributed by atoms with Crippen LogP contribution in [0.2, 0.25) is 0 Å². The van der Waals surface area contributed by atoms with Gasteiger partial charge in [0.1, 0.15) is 6.10 Å². The first-order valence-electron chi connectivity index (χ1n) is 16.5. The fourth-order valence-electron chi connectivity index (χ4n) is 6.67. The monoisotopic (exact) mass is 670 g/mol. The summed E-state index contributed by atoms with van der Waals surface area (Å²) in [4.78, 5) is 35.0. The average molecular weight is 671 g/mol. The number of anilines is 1. The van der Waals surface area contributed by atoms with E-state index in [0.717, 1.165) is 23.1 Å². The number of carbonyl (C=O) groups excluding carboxylic acids is 1. The van der Waals surface area contributed by atoms with E-state index in [1.165, 1.54) is 12.1 Å². The van der Waals surface area contributed by atoms with Crippen LogP contribution in [0.5, 0.6) is 11.6 Å². The predicted molar refractivity (Wildman–Crippen MR) is 182 cm³/mol. The van der Waals surface area contributed by atoms with Gasteiger partial charge in [-0.25, -0.2) is 28.1 Å². The number of hydrogen-bond donors (Lipinski definition) is 1. The molecule has 0 unspecified atom stereocenters. The smallest absolute Gasteiger partial charge is 0.264 e. The molecule has 12 heteroatoms. The average Bonchev–Trinajstić information content (AvgIpc) is 3.19. The SMILES string of the molecule is Cc1cccc(C)c1-c1cc2nc(n1)NS(=O)(=O)c1cccc(c1)C(=O)N1[C@@H](c3ncc(OC(C)C)cn3)CCC[C@@H](O2)[C@H]1CC(C)C. The summed E-state index contributed by atoms with van der Waals surface area (Å²) in [6, 6.07) is 12.9. The second-order valence-electron chi connectivity index (χ2n) is 13.3. The molecule has 1 fully saturated rings. The Morgan fingerprint density at radius 1 is 0.979 bits per heavy atom. The molecule has 0 radical (unpaired) electrons. The van der Waals surface area contributed by atoms with Crippen LogP contribution in [0, 0.1) is 19.8 Å². The maximum Gasteiger partial charge on any atom is 0.264 e. The van der Waals surface area contributed by atoms with Gasteiger partial charge in [-0.15, -0.1) is 0 Å². The van der Waals surface area contributed by atoms with Crippen LogP contribution >= 0.6 is 0 Å². The summed E-state index contributed by atoms with van der Waals surface area (Å²) in [5, 5.41) is 0. The van der Waals surface area contributed by atoms with Crippen LogP contribution in [0.4, 0.5) is 5.95 Å². The van der Waals surface area contributed by atoms with Crippen LogP contribution < -0.4 is 14.2 Å². The van der Waals surface area contributed by atoms with Crippen molar-refractivity contribution in [2.75, 3.05) is 4.72 Å². The molecule has 6 bridgehead atoms. The quantitative estimate of drug-likeness (QED) is 0.238. The molecule has 0 saturated carbocycles. The van der Waals surface area contributed by atoms with Crippen molar-refractivity contribution in [2.45, 2.75) is 96.4 Å². The Balaban J connectivity index is 1.54. The second-order valence-corrected chi connectivity index (χ2v) is 15.0. The number of rotatable bonds is 6. The lowest BCUT2D eigenvalue weighted by molar-refractivity contribution is 0.0257. The van der Waals surface area contributed by atoms with Crippen molar-refractivity contribution >= 4 is 21.9 Å². The largest absolute Gasteiger partial charge is 0.488 e. The Hall–Kier alpha value is -4.58. The number of nitrogens with one attached hydrogen (secondary N) is 1. The van der Waals surface area contributed by atoms with E-state index in [9.17, 15) is 13.2 Å². The van der Waals surface area contributed by atoms with Crippen LogP contribution in [0.25, 0.3) is 11.3 Å². The molecule has 4 aromatic rings. The van der Waals surface area contributed by atoms with E-state index in [-0.39, 0.29) is 40.2 Å². The van der Waals surface area contributed by atoms with Gasteiger partial charge in [0.15, 0.2) is 11.6 Å². The Morgan fingerprint density at radius 3 is 2.38 bits per heavy atom. The van der Waals surface area contributed by atoms with Crippen LogP contribution in [-0.2, 0) is 10.0 Å². The normalized spacial score (nSPS) is 20.5. The molecule has 48 heavy (non-hydrogen) atoms. The third-order valence-corrected chi connectivity index (χ3v) is 10.0. The Labute approximate surface area is 282 Å². The zero-order valence-electron chi connectivity index (χ0n) is 28.2. The van der Waals surface area contributed by atoms with E-state index in [2.05, 4.69) is 38.5 Å². The zero-order valence-corrected chi connectivity index (χ0v) is 29.0. The standard InChI is InChI=1S/C36H42N6O5S/c1-21(2)16-30-31-15-9-14-29(34-37-19-26(20-38-34)46-22(3)4)42(30)35(43)25-12-8-13-27(17-25)48(44,45)41-36-39-28(18-32(40-36)47-31)33-23(5)10-7-11-24(33)6/h7-8,10-13,17-22,29-31H,9,14-16H2,1-6H3,(H,39,40,41)/t29-,30-,31-/m1/s1. The van der Waals surface area contributed by atoms with Gasteiger partial charge in [0.05, 0.1) is 41.2 Å². The fourth-order valence-corrected chi connectivity index (χ4v) is 7.66. The van der Waals surface area contributed by atoms with E-state index in [1.807, 2.05) is 50.8 Å². The van der Waals surface area contributed by atoms with Crippen molar-refractivity contribution in [3.05, 3.63) is 83.4 Å². The number of aromatic nitrogens is 4. The summed E-state index contributed by atoms with van der Waals surface area (Å²) in [6.45, 7) is 12.1. The number of hydrogen-bond acceptors (Lipinski definition) is 9. The molecule has 2 aliphatic rings. The van der Waals surface area contributed by atoms with Crippen molar-refractivity contribution in [1.82, 2.24) is 24.8 Å². The molecule has 4 heterocycles. The molecule has 3 atom stereocenters. The summed E-state index contributed by atoms with van der Waals surface area (Å²) in [6.07, 6.45) is 5.36. The van der Waals surface area contributed by atoms with Gasteiger partial charge >= 0.3 is 0 Å². The number of ether oxygens (including phenoxy) is 2. The number of aryl methyl sites for hydroxylation is 2. The minimum absolute atomic E-state index is 0.0398. The van der Waals surface area contributed by atoms with E-state index in [0.29, 0.717) is 36.5 Å². The Kier molecular flexibility index (Phi) is 9.37. The lowest BCUT2D eigenvalue weighted by Gasteiger charge is -2.39. The number of sulfonamides is 1. The van der Waals surface area contributed by atoms with Crippen LogP contribution in [0.15, 0.2) is 65.8 Å². The molecule has 252 valence electrons. The highest BCUT2D eigenvalue weighted by atomic mass is 32.2. The van der Waals surface area contributed by atoms with Crippen molar-refractivity contribution in [3.63, 3.8) is 0 Å². The topological polar surface area (TPSA) is 136 Å². The molecule has 2 aromatic carbocycles. The maximum atomic E-state index is 14.7. The van der Waals surface area contributed by atoms with Gasteiger partial charge in [-0.3, -0.25) is 4.79 Å². The molecular formula is C36H42N6O5S. The highest BCUT2D eigenvalue weighted by Gasteiger charge is 2.42. The number of carbonyl (C=O) groups is 1. The number of amides is 1. The van der Waals surface area contributed by atoms with Gasteiger partial charge in [0, 0.05) is 17.2 Å². The molecule has 1 amide bonds. The summed E-state index contributed by atoms with van der Waals surface area (Å²) >= 11 is 0. The van der Waals surface area contributed by atoms with Crippen LogP contribution in [0.3, 0.4) is 0 Å². The first kappa shape index (κ1) is 33.3. The van der Waals surface area contributed by atoms with E-state index in [4.69, 9.17) is 9.47 Å². The van der Waals surface area contributed by atoms with Gasteiger partial charge < -0.3 is 14.4 Å². The first-order chi connectivity index (χ1) is 22.9. The van der Waals surface area contributed by atoms with Gasteiger partial charge in [-0.05, 0) is 88.6 Å². The summed E-state index contributed by atoms with van der Waals surface area (Å²) < 4.78 is 42.6. The fraction of sp³-hybridized carbons (Fsp3) is 0.417. The maximum absolute atomic E-state index is 14.7. The van der Waals surface area contributed by atoms with Crippen molar-refractivity contribution in [3.8, 4) is 22.9 Å². The van der Waals surface area contributed by atoms with E-state index < -0.39 is 28.2 Å². The predicted octanol–water partition coefficient (Wildman–Crippen LogP) is 6.68. The van der Waals surface area contributed by atoms with Gasteiger partial charge in [0.2, 0.25) is 11.8 Å². The number of fused-ring (bicyclic) bond motifs is 6. The molecule has 0 spiro atoms. The molecule has 1 N–H and O–H groups in total. The summed E-state index contributed by atoms with van der Waals surface area (Å²) in [5.41, 5.74) is 3.61. The highest BCUT2D eigenvalue weighted by molar-refractivity contribution is 7.92. The minimum Gasteiger partial charge on any atom is -0.488 e. The molecule has 11 nitrogen and oxygen atoms in total. The van der Waals surface area contributed by atoms with Crippen molar-refractivity contribution < 1.29 is 22.7 Å². The molecule has 2 aromatic heterocycles. The minimum atomic E-state index is -4.18. The van der Waals surface area contributed by atoms with Crippen LogP contribution in [0.1, 0.15) is 86.7 Å². The Morgan fingerprint density at radius 2 is 1.69 bits per heavy atom. The third kappa shape index (κ3) is 6.99. The van der Waals surface area contributed by atoms with Gasteiger partial charge in [-0.2, -0.15) is 4.98 Å². The molecular weight excluding hydrogens is 629 g/mol. The third-order valence-electron chi connectivity index (χ3n) is 8.68. The van der Waals surface area contributed by atoms with E-state index >= 15 is 0 Å². The first-order valence-corrected chi connectivity index (χ1v) is 17.9. The van der Waals surface area contributed by atoms with E-state index in [1.54, 1.807) is 30.6 Å². The Bertz CT molecular complexity index is 1890. The lowest BCUT2D eigenvalue weighted by atomic mass is 9.95. The highest BCUT2D eigenvalue weighted by Crippen LogP contribution is 2.39. The lowest BCUT2D eigenvalue weighted by Crippen LogP contribution is -2.50. The molecule has 1 saturated heterocycles. The molecule has 0 aliphatic carbocycles. The molecule has 2 aliphatic heterocycles. The number of benzene rings is 2. The molecule has 6 rings (SSSR count). The van der Waals surface area contributed by atoms with Gasteiger partial charge in [0.25, 0.3) is 15.9 Å². The number of nitrogens with zero attached hydrogens (tertiary/aromatic N) is 5. The second kappa shape index (κ2) is 13.5. The summed E-state index contributed by atoms with van der Waals surface area (Å²) in [7, 11) is -4.18.